The van der Waals surface area contributed by atoms with Crippen LogP contribution < -0.4 is 5.32 Å². The van der Waals surface area contributed by atoms with Crippen LogP contribution in [0.5, 0.6) is 0 Å². The second kappa shape index (κ2) is 9.29. The summed E-state index contributed by atoms with van der Waals surface area (Å²) in [6, 6.07) is 23.5. The number of thiazole rings is 1. The zero-order chi connectivity index (χ0) is 23.7. The van der Waals surface area contributed by atoms with Crippen LogP contribution in [0.15, 0.2) is 83.3 Å². The van der Waals surface area contributed by atoms with Crippen molar-refractivity contribution in [3.63, 3.8) is 0 Å². The molecule has 5 rings (SSSR count). The molecule has 0 atom stereocenters. The normalized spacial score (nSPS) is 11.4. The molecule has 1 amide bonds. The topological polar surface area (TPSA) is 55.1 Å². The van der Waals surface area contributed by atoms with E-state index in [1.54, 1.807) is 17.4 Å². The lowest BCUT2D eigenvalue weighted by Gasteiger charge is -2.08. The molecule has 0 fully saturated rings. The van der Waals surface area contributed by atoms with Gasteiger partial charge in [0.05, 0.1) is 10.2 Å². The first-order valence-corrected chi connectivity index (χ1v) is 12.0. The molecular weight excluding hydrogens is 464 g/mol. The number of fused-ring (bicyclic) bond motifs is 1. The van der Waals surface area contributed by atoms with Crippen LogP contribution in [0.3, 0.4) is 0 Å². The molecule has 1 N–H and O–H groups in total. The number of amides is 1. The van der Waals surface area contributed by atoms with E-state index in [4.69, 9.17) is 21.0 Å². The minimum atomic E-state index is -0.229. The lowest BCUT2D eigenvalue weighted by atomic mass is 10.1. The van der Waals surface area contributed by atoms with Gasteiger partial charge in [0.2, 0.25) is 5.91 Å². The van der Waals surface area contributed by atoms with Crippen molar-refractivity contribution in [2.75, 3.05) is 5.32 Å². The quantitative estimate of drug-likeness (QED) is 0.256. The highest BCUT2D eigenvalue weighted by molar-refractivity contribution is 7.21. The molecule has 0 unspecified atom stereocenters. The summed E-state index contributed by atoms with van der Waals surface area (Å²) in [5, 5.41) is 4.59. The molecule has 6 heteroatoms. The Morgan fingerprint density at radius 3 is 2.59 bits per heavy atom. The zero-order valence-electron chi connectivity index (χ0n) is 18.6. The van der Waals surface area contributed by atoms with Crippen molar-refractivity contribution >= 4 is 50.8 Å². The lowest BCUT2D eigenvalue weighted by molar-refractivity contribution is -0.111. The fourth-order valence-electron chi connectivity index (χ4n) is 3.61. The van der Waals surface area contributed by atoms with Gasteiger partial charge in [-0.05, 0) is 79.6 Å². The molecule has 5 aromatic rings. The number of anilines is 1. The Labute approximate surface area is 206 Å². The highest BCUT2D eigenvalue weighted by Crippen LogP contribution is 2.32. The Kier molecular flexibility index (Phi) is 6.05. The number of aromatic nitrogens is 1. The third-order valence-electron chi connectivity index (χ3n) is 5.51. The Morgan fingerprint density at radius 1 is 0.971 bits per heavy atom. The minimum absolute atomic E-state index is 0.229. The summed E-state index contributed by atoms with van der Waals surface area (Å²) < 4.78 is 7.00. The number of halogens is 1. The van der Waals surface area contributed by atoms with Crippen molar-refractivity contribution in [2.24, 2.45) is 0 Å². The van der Waals surface area contributed by atoms with Crippen LogP contribution in [-0.2, 0) is 4.79 Å². The number of furan rings is 1. The molecule has 2 heterocycles. The molecule has 0 aliphatic carbocycles. The molecule has 4 nitrogen and oxygen atoms in total. The molecule has 3 aromatic carbocycles. The molecule has 0 aliphatic rings. The Balaban J connectivity index is 1.27. The molecule has 2 aromatic heterocycles. The molecule has 0 saturated heterocycles. The maximum absolute atomic E-state index is 12.5. The van der Waals surface area contributed by atoms with Gasteiger partial charge in [-0.25, -0.2) is 4.98 Å². The van der Waals surface area contributed by atoms with E-state index in [2.05, 4.69) is 11.4 Å². The third-order valence-corrected chi connectivity index (χ3v) is 7.00. The summed E-state index contributed by atoms with van der Waals surface area (Å²) in [6.07, 6.45) is 3.12. The standard InChI is InChI=1S/C28H21ClN2O2S/c1-17-7-8-19(16-22(17)29)25-13-10-21(33-25)11-14-27(32)30-23-12-9-20(15-18(23)2)28-31-24-5-3-4-6-26(24)34-28/h3-16H,1-2H3,(H,30,32)/b14-11+. The van der Waals surface area contributed by atoms with E-state index < -0.39 is 0 Å². The summed E-state index contributed by atoms with van der Waals surface area (Å²) in [5.41, 5.74) is 5.66. The average molecular weight is 485 g/mol. The van der Waals surface area contributed by atoms with Gasteiger partial charge in [0.25, 0.3) is 0 Å². The van der Waals surface area contributed by atoms with Crippen LogP contribution in [0.4, 0.5) is 5.69 Å². The van der Waals surface area contributed by atoms with Gasteiger partial charge < -0.3 is 9.73 Å². The number of carbonyl (C=O) groups excluding carboxylic acids is 1. The highest BCUT2D eigenvalue weighted by atomic mass is 35.5. The van der Waals surface area contributed by atoms with Gasteiger partial charge in [0.1, 0.15) is 16.5 Å². The number of carbonyl (C=O) groups is 1. The predicted octanol–water partition coefficient (Wildman–Crippen LogP) is 8.15. The number of hydrogen-bond donors (Lipinski definition) is 1. The van der Waals surface area contributed by atoms with Gasteiger partial charge in [-0.3, -0.25) is 4.79 Å². The number of nitrogens with zero attached hydrogens (tertiary/aromatic N) is 1. The smallest absolute Gasteiger partial charge is 0.248 e. The van der Waals surface area contributed by atoms with E-state index >= 15 is 0 Å². The molecule has 0 spiro atoms. The van der Waals surface area contributed by atoms with E-state index in [1.165, 1.54) is 6.08 Å². The fourth-order valence-corrected chi connectivity index (χ4v) is 4.75. The number of nitrogens with one attached hydrogen (secondary N) is 1. The van der Waals surface area contributed by atoms with E-state index in [0.29, 0.717) is 16.5 Å². The van der Waals surface area contributed by atoms with Crippen molar-refractivity contribution in [1.29, 1.82) is 0 Å². The lowest BCUT2D eigenvalue weighted by Crippen LogP contribution is -2.08. The monoisotopic (exact) mass is 484 g/mol. The van der Waals surface area contributed by atoms with Crippen LogP contribution in [0.2, 0.25) is 5.02 Å². The van der Waals surface area contributed by atoms with Crippen LogP contribution in [0.1, 0.15) is 16.9 Å². The van der Waals surface area contributed by atoms with Gasteiger partial charge in [0.15, 0.2) is 0 Å². The van der Waals surface area contributed by atoms with Gasteiger partial charge in [-0.1, -0.05) is 35.9 Å². The highest BCUT2D eigenvalue weighted by Gasteiger charge is 2.10. The van der Waals surface area contributed by atoms with Crippen molar-refractivity contribution < 1.29 is 9.21 Å². The molecule has 168 valence electrons. The van der Waals surface area contributed by atoms with Crippen LogP contribution in [0.25, 0.3) is 38.2 Å². The number of benzene rings is 3. The van der Waals surface area contributed by atoms with E-state index in [9.17, 15) is 4.79 Å². The first-order chi connectivity index (χ1) is 16.5. The van der Waals surface area contributed by atoms with Crippen molar-refractivity contribution in [3.05, 3.63) is 101 Å². The summed E-state index contributed by atoms with van der Waals surface area (Å²) in [6.45, 7) is 3.93. The van der Waals surface area contributed by atoms with Crippen molar-refractivity contribution in [3.8, 4) is 21.9 Å². The number of hydrogen-bond acceptors (Lipinski definition) is 4. The van der Waals surface area contributed by atoms with Gasteiger partial charge in [0, 0.05) is 27.9 Å². The maximum atomic E-state index is 12.5. The Hall–Kier alpha value is -3.67. The summed E-state index contributed by atoms with van der Waals surface area (Å²) in [5.74, 6) is 1.06. The van der Waals surface area contributed by atoms with Gasteiger partial charge in [-0.2, -0.15) is 0 Å². The number of rotatable bonds is 5. The molecule has 0 bridgehead atoms. The number of aryl methyl sites for hydroxylation is 2. The predicted molar refractivity (Wildman–Crippen MR) is 141 cm³/mol. The fraction of sp³-hybridized carbons (Fsp3) is 0.0714. The summed E-state index contributed by atoms with van der Waals surface area (Å²) in [4.78, 5) is 17.2. The van der Waals surface area contributed by atoms with Crippen molar-refractivity contribution in [1.82, 2.24) is 4.98 Å². The first kappa shape index (κ1) is 22.1. The van der Waals surface area contributed by atoms with E-state index in [1.807, 2.05) is 80.6 Å². The van der Waals surface area contributed by atoms with Crippen molar-refractivity contribution in [2.45, 2.75) is 13.8 Å². The molecular formula is C28H21ClN2O2S. The van der Waals surface area contributed by atoms with E-state index in [-0.39, 0.29) is 5.91 Å². The maximum Gasteiger partial charge on any atom is 0.248 e. The van der Waals surface area contributed by atoms with Gasteiger partial charge >= 0.3 is 0 Å². The molecule has 0 radical (unpaired) electrons. The van der Waals surface area contributed by atoms with Crippen LogP contribution in [-0.4, -0.2) is 10.9 Å². The summed E-state index contributed by atoms with van der Waals surface area (Å²) >= 11 is 7.87. The SMILES string of the molecule is Cc1ccc(-c2ccc(/C=C/C(=O)Nc3ccc(-c4nc5ccccc5s4)cc3C)o2)cc1Cl. The van der Waals surface area contributed by atoms with E-state index in [0.717, 1.165) is 43.2 Å². The first-order valence-electron chi connectivity index (χ1n) is 10.8. The molecule has 0 saturated carbocycles. The largest absolute Gasteiger partial charge is 0.457 e. The third kappa shape index (κ3) is 4.67. The summed E-state index contributed by atoms with van der Waals surface area (Å²) in [7, 11) is 0. The minimum Gasteiger partial charge on any atom is -0.457 e. The second-order valence-electron chi connectivity index (χ2n) is 8.01. The Bertz CT molecular complexity index is 1510. The average Bonchev–Trinajstić information content (AvgIpc) is 3.48. The van der Waals surface area contributed by atoms with Crippen LogP contribution in [0, 0.1) is 13.8 Å². The molecule has 0 aliphatic heterocycles. The second-order valence-corrected chi connectivity index (χ2v) is 9.44. The molecule has 34 heavy (non-hydrogen) atoms. The Morgan fingerprint density at radius 2 is 1.79 bits per heavy atom. The van der Waals surface area contributed by atoms with Gasteiger partial charge in [-0.15, -0.1) is 11.3 Å². The zero-order valence-corrected chi connectivity index (χ0v) is 20.2. The van der Waals surface area contributed by atoms with Crippen LogP contribution >= 0.6 is 22.9 Å². The number of para-hydroxylation sites is 1.